The minimum absolute atomic E-state index is 0.0766. The first-order chi connectivity index (χ1) is 21.4. The quantitative estimate of drug-likeness (QED) is 0.223. The molecule has 1 aliphatic heterocycles. The van der Waals surface area contributed by atoms with Crippen molar-refractivity contribution in [3.63, 3.8) is 0 Å². The minimum Gasteiger partial charge on any atom is -0.616 e. The second-order valence-electron chi connectivity index (χ2n) is 10.8. The Balaban J connectivity index is 1.35. The number of alkyl halides is 3. The molecule has 1 atom stereocenters. The van der Waals surface area contributed by atoms with Crippen LogP contribution in [0.4, 0.5) is 35.9 Å². The second kappa shape index (κ2) is 13.7. The Morgan fingerprint density at radius 1 is 1.09 bits per heavy atom. The molecule has 1 unspecified atom stereocenters. The molecule has 13 heteroatoms. The molecule has 0 aromatic heterocycles. The van der Waals surface area contributed by atoms with Gasteiger partial charge in [0.2, 0.25) is 10.0 Å². The van der Waals surface area contributed by atoms with Gasteiger partial charge in [-0.05, 0) is 60.5 Å². The molecule has 1 heterocycles. The molecule has 8 nitrogen and oxygen atoms in total. The third-order valence-electron chi connectivity index (χ3n) is 7.67. The van der Waals surface area contributed by atoms with Crippen molar-refractivity contribution in [2.75, 3.05) is 53.8 Å². The smallest absolute Gasteiger partial charge is 0.389 e. The van der Waals surface area contributed by atoms with Gasteiger partial charge in [-0.1, -0.05) is 35.1 Å². The first-order valence-electron chi connectivity index (χ1n) is 14.2. The number of methoxy groups -OCH3 is 1. The highest BCUT2D eigenvalue weighted by Gasteiger charge is 2.35. The van der Waals surface area contributed by atoms with E-state index < -0.39 is 39.7 Å². The van der Waals surface area contributed by atoms with E-state index >= 15 is 0 Å². The topological polar surface area (TPSA) is 120 Å². The number of allylic oxidation sites excluding steroid dienone is 1. The van der Waals surface area contributed by atoms with Crippen LogP contribution in [0.15, 0.2) is 71.1 Å². The third kappa shape index (κ3) is 8.46. The van der Waals surface area contributed by atoms with Crippen LogP contribution in [0.1, 0.15) is 17.5 Å². The summed E-state index contributed by atoms with van der Waals surface area (Å²) in [5.41, 5.74) is 5.07. The van der Waals surface area contributed by atoms with Gasteiger partial charge in [-0.3, -0.25) is 0 Å². The highest BCUT2D eigenvalue weighted by atomic mass is 32.2. The van der Waals surface area contributed by atoms with E-state index in [1.165, 1.54) is 25.3 Å². The number of ether oxygens (including phenoxy) is 1. The average Bonchev–Trinajstić information content (AvgIpc) is 2.99. The number of fused-ring (bicyclic) bond motifs is 1. The fourth-order valence-electron chi connectivity index (χ4n) is 5.41. The van der Waals surface area contributed by atoms with E-state index in [1.807, 2.05) is 42.5 Å². The number of hydrogen-bond donors (Lipinski definition) is 3. The molecule has 0 amide bonds. The van der Waals surface area contributed by atoms with Crippen molar-refractivity contribution in [2.24, 2.45) is 11.1 Å². The first-order valence-corrected chi connectivity index (χ1v) is 17.2. The Morgan fingerprint density at radius 3 is 2.49 bits per heavy atom. The van der Waals surface area contributed by atoms with Crippen LogP contribution < -0.4 is 25.4 Å². The number of sulfonamides is 1. The number of primary sulfonamides is 1. The van der Waals surface area contributed by atoms with E-state index in [0.29, 0.717) is 22.8 Å². The monoisotopic (exact) mass is 658 g/mol. The standard InChI is InChI=1S/C32H33F3N4O4S2/c1-43-31-20-27(45(36,41)42)11-12-30(31)37-13-3-5-22-19-28-23(18-24(22)21-32(33,34)35)4-2-6-29(28)38-25-7-9-26(10-8-25)39-14-16-44(40)17-15-39/h2,4,6-12,19-20,24,37-38H,13-18,21H2,1H3,(H2,36,41,42). The van der Waals surface area contributed by atoms with E-state index in [2.05, 4.69) is 27.4 Å². The first kappa shape index (κ1) is 32.6. The number of benzene rings is 3. The Kier molecular flexibility index (Phi) is 9.88. The van der Waals surface area contributed by atoms with Gasteiger partial charge < -0.3 is 24.8 Å². The molecule has 238 valence electrons. The van der Waals surface area contributed by atoms with Crippen molar-refractivity contribution in [1.29, 1.82) is 0 Å². The lowest BCUT2D eigenvalue weighted by molar-refractivity contribution is -0.141. The van der Waals surface area contributed by atoms with Gasteiger partial charge in [-0.2, -0.15) is 13.2 Å². The largest absolute Gasteiger partial charge is 0.616 e. The molecule has 1 aliphatic carbocycles. The lowest BCUT2D eigenvalue weighted by atomic mass is 9.81. The zero-order valence-electron chi connectivity index (χ0n) is 24.5. The van der Waals surface area contributed by atoms with Gasteiger partial charge in [0, 0.05) is 40.2 Å². The van der Waals surface area contributed by atoms with Crippen molar-refractivity contribution in [3.8, 4) is 17.6 Å². The fourth-order valence-corrected chi connectivity index (χ4v) is 6.99. The maximum Gasteiger partial charge on any atom is 0.389 e. The number of halogens is 3. The summed E-state index contributed by atoms with van der Waals surface area (Å²) in [6, 6.07) is 17.6. The Bertz CT molecular complexity index is 1730. The lowest BCUT2D eigenvalue weighted by Crippen LogP contribution is -2.40. The predicted octanol–water partition coefficient (Wildman–Crippen LogP) is 5.28. The van der Waals surface area contributed by atoms with Gasteiger partial charge in [-0.15, -0.1) is 0 Å². The Morgan fingerprint density at radius 2 is 1.82 bits per heavy atom. The summed E-state index contributed by atoms with van der Waals surface area (Å²) in [7, 11) is -2.54. The van der Waals surface area contributed by atoms with Crippen LogP contribution >= 0.6 is 0 Å². The molecule has 1 saturated heterocycles. The molecule has 1 fully saturated rings. The van der Waals surface area contributed by atoms with Crippen molar-refractivity contribution in [1.82, 2.24) is 0 Å². The number of hydrogen-bond acceptors (Lipinski definition) is 7. The molecule has 0 spiro atoms. The van der Waals surface area contributed by atoms with Gasteiger partial charge in [0.15, 0.2) is 0 Å². The van der Waals surface area contributed by atoms with E-state index in [1.54, 1.807) is 6.08 Å². The molecular weight excluding hydrogens is 626 g/mol. The number of anilines is 4. The van der Waals surface area contributed by atoms with E-state index in [4.69, 9.17) is 9.88 Å². The summed E-state index contributed by atoms with van der Waals surface area (Å²) in [6.07, 6.45) is -3.43. The average molecular weight is 659 g/mol. The molecule has 45 heavy (non-hydrogen) atoms. The summed E-state index contributed by atoms with van der Waals surface area (Å²) in [5, 5.41) is 11.6. The molecule has 4 N–H and O–H groups in total. The molecule has 0 radical (unpaired) electrons. The van der Waals surface area contributed by atoms with Crippen molar-refractivity contribution in [3.05, 3.63) is 77.4 Å². The minimum atomic E-state index is -4.36. The summed E-state index contributed by atoms with van der Waals surface area (Å²) < 4.78 is 81.0. The van der Waals surface area contributed by atoms with Crippen LogP contribution in [0, 0.1) is 17.8 Å². The van der Waals surface area contributed by atoms with Crippen molar-refractivity contribution in [2.45, 2.75) is 23.9 Å². The van der Waals surface area contributed by atoms with Crippen molar-refractivity contribution >= 4 is 50.0 Å². The number of rotatable bonds is 8. The molecule has 5 rings (SSSR count). The van der Waals surface area contributed by atoms with Crippen LogP contribution in [-0.4, -0.2) is 57.4 Å². The molecule has 2 aliphatic rings. The van der Waals surface area contributed by atoms with E-state index in [0.717, 1.165) is 41.3 Å². The molecule has 0 saturated carbocycles. The third-order valence-corrected chi connectivity index (χ3v) is 9.86. The maximum absolute atomic E-state index is 13.6. The Labute approximate surface area is 264 Å². The fraction of sp³-hybridized carbons (Fsp3) is 0.312. The lowest BCUT2D eigenvalue weighted by Gasteiger charge is -2.30. The van der Waals surface area contributed by atoms with Crippen LogP contribution in [0.2, 0.25) is 0 Å². The normalized spacial score (nSPS) is 17.1. The summed E-state index contributed by atoms with van der Waals surface area (Å²) in [4.78, 5) is 2.09. The van der Waals surface area contributed by atoms with Crippen LogP contribution in [0.3, 0.4) is 0 Å². The summed E-state index contributed by atoms with van der Waals surface area (Å²) in [5.74, 6) is 6.58. The molecule has 3 aromatic carbocycles. The highest BCUT2D eigenvalue weighted by molar-refractivity contribution is 7.91. The summed E-state index contributed by atoms with van der Waals surface area (Å²) in [6.45, 7) is 1.56. The number of nitrogens with one attached hydrogen (secondary N) is 2. The molecular formula is C32H33F3N4O4S2. The highest BCUT2D eigenvalue weighted by Crippen LogP contribution is 2.39. The van der Waals surface area contributed by atoms with E-state index in [9.17, 15) is 26.1 Å². The van der Waals surface area contributed by atoms with Crippen molar-refractivity contribution < 1.29 is 30.9 Å². The predicted molar refractivity (Wildman–Crippen MR) is 173 cm³/mol. The zero-order valence-corrected chi connectivity index (χ0v) is 26.1. The van der Waals surface area contributed by atoms with E-state index in [-0.39, 0.29) is 23.6 Å². The molecule has 0 bridgehead atoms. The van der Waals surface area contributed by atoms with Gasteiger partial charge in [0.05, 0.1) is 43.7 Å². The van der Waals surface area contributed by atoms with Gasteiger partial charge in [0.1, 0.15) is 17.3 Å². The van der Waals surface area contributed by atoms with Gasteiger partial charge >= 0.3 is 6.18 Å². The zero-order chi connectivity index (χ0) is 32.2. The van der Waals surface area contributed by atoms with Crippen LogP contribution in [0.25, 0.3) is 6.08 Å². The second-order valence-corrected chi connectivity index (χ2v) is 14.0. The molecule has 3 aromatic rings. The van der Waals surface area contributed by atoms with Crippen LogP contribution in [-0.2, 0) is 27.6 Å². The number of nitrogens with zero attached hydrogens (tertiary/aromatic N) is 1. The SMILES string of the molecule is COc1cc(S(N)(=O)=O)ccc1NCC#CC1=Cc2c(cccc2Nc2ccc(N3CC[S+]([O-])CC3)cc2)CC1CC(F)(F)F. The van der Waals surface area contributed by atoms with Gasteiger partial charge in [0.25, 0.3) is 0 Å². The summed E-state index contributed by atoms with van der Waals surface area (Å²) >= 11 is -0.758. The maximum atomic E-state index is 13.6. The number of nitrogens with two attached hydrogens (primary N) is 1. The van der Waals surface area contributed by atoms with Crippen LogP contribution in [0.5, 0.6) is 5.75 Å². The Hall–Kier alpha value is -3.83. The van der Waals surface area contributed by atoms with Gasteiger partial charge in [-0.25, -0.2) is 13.6 Å².